The lowest BCUT2D eigenvalue weighted by atomic mass is 10.2. The third kappa shape index (κ3) is 5.49. The number of methoxy groups -OCH3 is 1. The van der Waals surface area contributed by atoms with Gasteiger partial charge < -0.3 is 29.6 Å². The van der Waals surface area contributed by atoms with Gasteiger partial charge in [-0.05, 0) is 38.1 Å². The number of nitrogens with zero attached hydrogens (tertiary/aromatic N) is 1. The molecule has 0 amide bonds. The summed E-state index contributed by atoms with van der Waals surface area (Å²) in [5.41, 5.74) is 1.30. The molecular weight excluding hydrogens is 386 g/mol. The van der Waals surface area contributed by atoms with Crippen LogP contribution >= 0.6 is 0 Å². The molecule has 3 aromatic rings. The number of aryl methyl sites for hydroxylation is 1. The molecule has 0 bridgehead atoms. The summed E-state index contributed by atoms with van der Waals surface area (Å²) in [5, 5.41) is 13.4. The van der Waals surface area contributed by atoms with Crippen molar-refractivity contribution in [3.63, 3.8) is 0 Å². The second kappa shape index (κ2) is 10.1. The number of aliphatic hydroxyl groups is 1. The Balaban J connectivity index is 1.47. The Labute approximate surface area is 174 Å². The summed E-state index contributed by atoms with van der Waals surface area (Å²) in [4.78, 5) is 18.8. The van der Waals surface area contributed by atoms with E-state index in [0.29, 0.717) is 47.1 Å². The summed E-state index contributed by atoms with van der Waals surface area (Å²) >= 11 is 0. The number of rotatable bonds is 10. The molecule has 160 valence electrons. The van der Waals surface area contributed by atoms with Crippen LogP contribution in [0.1, 0.15) is 12.6 Å². The molecule has 0 fully saturated rings. The van der Waals surface area contributed by atoms with Crippen LogP contribution in [0.15, 0.2) is 47.3 Å². The van der Waals surface area contributed by atoms with Gasteiger partial charge in [0.25, 0.3) is 5.56 Å². The Hall–Kier alpha value is -3.10. The molecule has 2 unspecified atom stereocenters. The first-order valence-electron chi connectivity index (χ1n) is 9.79. The number of benzene rings is 2. The molecule has 1 aromatic heterocycles. The quantitative estimate of drug-likeness (QED) is 0.467. The highest BCUT2D eigenvalue weighted by Gasteiger charge is 2.12. The van der Waals surface area contributed by atoms with Gasteiger partial charge in [-0.2, -0.15) is 0 Å². The predicted molar refractivity (Wildman–Crippen MR) is 115 cm³/mol. The minimum atomic E-state index is -0.720. The van der Waals surface area contributed by atoms with Gasteiger partial charge in [-0.1, -0.05) is 18.2 Å². The van der Waals surface area contributed by atoms with Gasteiger partial charge in [-0.3, -0.25) is 4.79 Å². The summed E-state index contributed by atoms with van der Waals surface area (Å²) in [6.07, 6.45) is -0.834. The molecule has 30 heavy (non-hydrogen) atoms. The van der Waals surface area contributed by atoms with E-state index in [9.17, 15) is 9.90 Å². The first-order valence-corrected chi connectivity index (χ1v) is 9.79. The average molecular weight is 413 g/mol. The second-order valence-electron chi connectivity index (χ2n) is 7.01. The molecule has 0 saturated heterocycles. The second-order valence-corrected chi connectivity index (χ2v) is 7.01. The lowest BCUT2D eigenvalue weighted by molar-refractivity contribution is 0.103. The summed E-state index contributed by atoms with van der Waals surface area (Å²) in [6, 6.07) is 12.8. The van der Waals surface area contributed by atoms with Gasteiger partial charge >= 0.3 is 0 Å². The van der Waals surface area contributed by atoms with Crippen LogP contribution in [0.2, 0.25) is 0 Å². The van der Waals surface area contributed by atoms with Gasteiger partial charge in [0, 0.05) is 13.1 Å². The van der Waals surface area contributed by atoms with Crippen LogP contribution in [0.4, 0.5) is 0 Å². The van der Waals surface area contributed by atoms with Gasteiger partial charge in [-0.15, -0.1) is 0 Å². The highest BCUT2D eigenvalue weighted by Crippen LogP contribution is 2.26. The van der Waals surface area contributed by atoms with Crippen molar-refractivity contribution in [3.05, 3.63) is 58.5 Å². The highest BCUT2D eigenvalue weighted by molar-refractivity contribution is 5.80. The van der Waals surface area contributed by atoms with Crippen LogP contribution in [0.5, 0.6) is 17.2 Å². The topological polar surface area (TPSA) is 106 Å². The standard InChI is InChI=1S/C22H27N3O5/c1-14(30-19-9-5-4-8-18(19)28-3)11-23-12-16(26)13-29-20-10-6-7-17-21(20)24-15(2)22(27)25-17/h4-10,14,16,23,26H,11-13H2,1-3H3,(H,25,27). The normalized spacial score (nSPS) is 13.1. The zero-order chi connectivity index (χ0) is 21.5. The molecule has 3 rings (SSSR count). The van der Waals surface area contributed by atoms with Gasteiger partial charge in [-0.25, -0.2) is 4.98 Å². The Morgan fingerprint density at radius 3 is 2.60 bits per heavy atom. The lowest BCUT2D eigenvalue weighted by Gasteiger charge is -2.19. The van der Waals surface area contributed by atoms with Crippen LogP contribution in [-0.2, 0) is 0 Å². The van der Waals surface area contributed by atoms with Crippen molar-refractivity contribution in [2.75, 3.05) is 26.8 Å². The Bertz CT molecular complexity index is 1040. The number of hydrogen-bond acceptors (Lipinski definition) is 7. The van der Waals surface area contributed by atoms with Crippen LogP contribution in [0, 0.1) is 6.92 Å². The number of aliphatic hydroxyl groups excluding tert-OH is 1. The fraction of sp³-hybridized carbons (Fsp3) is 0.364. The molecule has 0 saturated carbocycles. The summed E-state index contributed by atoms with van der Waals surface area (Å²) in [6.45, 7) is 4.56. The van der Waals surface area contributed by atoms with Gasteiger partial charge in [0.15, 0.2) is 11.5 Å². The maximum Gasteiger partial charge on any atom is 0.269 e. The predicted octanol–water partition coefficient (Wildman–Crippen LogP) is 2.04. The Morgan fingerprint density at radius 2 is 1.83 bits per heavy atom. The van der Waals surface area contributed by atoms with Crippen molar-refractivity contribution in [1.29, 1.82) is 0 Å². The minimum absolute atomic E-state index is 0.0910. The van der Waals surface area contributed by atoms with E-state index in [-0.39, 0.29) is 18.3 Å². The fourth-order valence-electron chi connectivity index (χ4n) is 2.96. The molecule has 0 aliphatic carbocycles. The maximum absolute atomic E-state index is 11.7. The number of hydrogen-bond donors (Lipinski definition) is 3. The molecule has 0 radical (unpaired) electrons. The SMILES string of the molecule is COc1ccccc1OC(C)CNCC(O)COc1cccc2[nH]c(=O)c(C)nc12. The first kappa shape index (κ1) is 21.6. The zero-order valence-electron chi connectivity index (χ0n) is 17.3. The van der Waals surface area contributed by atoms with Crippen molar-refractivity contribution in [2.24, 2.45) is 0 Å². The van der Waals surface area contributed by atoms with Gasteiger partial charge in [0.05, 0.1) is 12.6 Å². The molecule has 8 nitrogen and oxygen atoms in total. The molecule has 3 N–H and O–H groups in total. The first-order chi connectivity index (χ1) is 14.5. The van der Waals surface area contributed by atoms with E-state index in [1.165, 1.54) is 0 Å². The van der Waals surface area contributed by atoms with Crippen molar-refractivity contribution >= 4 is 11.0 Å². The number of aromatic amines is 1. The summed E-state index contributed by atoms with van der Waals surface area (Å²) in [7, 11) is 1.60. The van der Waals surface area contributed by atoms with E-state index < -0.39 is 6.10 Å². The number of aromatic nitrogens is 2. The average Bonchev–Trinajstić information content (AvgIpc) is 2.73. The molecule has 2 aromatic carbocycles. The van der Waals surface area contributed by atoms with Crippen LogP contribution in [0.25, 0.3) is 11.0 Å². The number of fused-ring (bicyclic) bond motifs is 1. The van der Waals surface area contributed by atoms with Gasteiger partial charge in [0.1, 0.15) is 35.8 Å². The minimum Gasteiger partial charge on any atom is -0.493 e. The van der Waals surface area contributed by atoms with Crippen molar-refractivity contribution in [3.8, 4) is 17.2 Å². The Morgan fingerprint density at radius 1 is 1.10 bits per heavy atom. The summed E-state index contributed by atoms with van der Waals surface area (Å²) in [5.74, 6) is 1.87. The van der Waals surface area contributed by atoms with Crippen molar-refractivity contribution in [2.45, 2.75) is 26.1 Å². The lowest BCUT2D eigenvalue weighted by Crippen LogP contribution is -2.36. The molecule has 0 aliphatic heterocycles. The number of nitrogens with one attached hydrogen (secondary N) is 2. The molecule has 8 heteroatoms. The van der Waals surface area contributed by atoms with Crippen LogP contribution in [0.3, 0.4) is 0 Å². The maximum atomic E-state index is 11.7. The monoisotopic (exact) mass is 413 g/mol. The van der Waals surface area contributed by atoms with E-state index in [2.05, 4.69) is 15.3 Å². The van der Waals surface area contributed by atoms with E-state index in [0.717, 1.165) is 0 Å². The third-order valence-corrected chi connectivity index (χ3v) is 4.50. The zero-order valence-corrected chi connectivity index (χ0v) is 17.3. The van der Waals surface area contributed by atoms with E-state index in [1.807, 2.05) is 31.2 Å². The number of ether oxygens (including phenoxy) is 3. The molecule has 0 aliphatic rings. The van der Waals surface area contributed by atoms with Crippen LogP contribution < -0.4 is 25.1 Å². The summed E-state index contributed by atoms with van der Waals surface area (Å²) < 4.78 is 16.9. The van der Waals surface area contributed by atoms with E-state index in [1.54, 1.807) is 32.2 Å². The van der Waals surface area contributed by atoms with Crippen molar-refractivity contribution < 1.29 is 19.3 Å². The molecular formula is C22H27N3O5. The third-order valence-electron chi connectivity index (χ3n) is 4.50. The highest BCUT2D eigenvalue weighted by atomic mass is 16.5. The van der Waals surface area contributed by atoms with E-state index in [4.69, 9.17) is 14.2 Å². The fourth-order valence-corrected chi connectivity index (χ4v) is 2.96. The molecule has 0 spiro atoms. The smallest absolute Gasteiger partial charge is 0.269 e. The van der Waals surface area contributed by atoms with Crippen LogP contribution in [-0.4, -0.2) is 54.1 Å². The number of H-pyrrole nitrogens is 1. The van der Waals surface area contributed by atoms with Crippen molar-refractivity contribution in [1.82, 2.24) is 15.3 Å². The van der Waals surface area contributed by atoms with E-state index >= 15 is 0 Å². The largest absolute Gasteiger partial charge is 0.493 e. The Kier molecular flexibility index (Phi) is 7.26. The number of para-hydroxylation sites is 3. The molecule has 1 heterocycles. The van der Waals surface area contributed by atoms with Gasteiger partial charge in [0.2, 0.25) is 0 Å². The molecule has 2 atom stereocenters.